The highest BCUT2D eigenvalue weighted by molar-refractivity contribution is 7.80. The minimum Gasteiger partial charge on any atom is -0.494 e. The van der Waals surface area contributed by atoms with Crippen molar-refractivity contribution in [2.45, 2.75) is 31.8 Å². The second-order valence-electron chi connectivity index (χ2n) is 5.49. The SMILES string of the molecule is CCOc1ccc(NC(=S)Nc2ccc(OCC)cc2)cc1.C[CH2][AlH][CH3]. The molecule has 140 valence electrons. The highest BCUT2D eigenvalue weighted by Gasteiger charge is 2.00. The molecular formula is C20H29AlN2O2S. The lowest BCUT2D eigenvalue weighted by Crippen LogP contribution is -2.18. The van der Waals surface area contributed by atoms with Gasteiger partial charge in [0.2, 0.25) is 15.2 Å². The maximum atomic E-state index is 5.40. The van der Waals surface area contributed by atoms with Gasteiger partial charge in [-0.1, -0.05) is 6.92 Å². The molecule has 2 N–H and O–H groups in total. The minimum absolute atomic E-state index is 0.424. The van der Waals surface area contributed by atoms with Crippen molar-refractivity contribution in [1.29, 1.82) is 0 Å². The summed E-state index contributed by atoms with van der Waals surface area (Å²) in [6, 6.07) is 15.3. The fourth-order valence-electron chi connectivity index (χ4n) is 1.90. The van der Waals surface area contributed by atoms with E-state index in [1.807, 2.05) is 62.4 Å². The van der Waals surface area contributed by atoms with Crippen molar-refractivity contribution in [2.75, 3.05) is 23.8 Å². The highest BCUT2D eigenvalue weighted by atomic mass is 32.1. The summed E-state index contributed by atoms with van der Waals surface area (Å²) in [5.74, 6) is 4.01. The van der Waals surface area contributed by atoms with Crippen LogP contribution in [0.5, 0.6) is 11.5 Å². The Morgan fingerprint density at radius 3 is 1.42 bits per heavy atom. The zero-order valence-corrected chi connectivity index (χ0v) is 18.4. The smallest absolute Gasteiger partial charge is 0.232 e. The molecule has 2 aromatic carbocycles. The average Bonchev–Trinajstić information content (AvgIpc) is 2.65. The van der Waals surface area contributed by atoms with Gasteiger partial charge in [-0.2, -0.15) is 0 Å². The zero-order chi connectivity index (χ0) is 19.2. The van der Waals surface area contributed by atoms with Crippen LogP contribution in [0.2, 0.25) is 11.1 Å². The molecule has 0 saturated heterocycles. The molecule has 0 bridgehead atoms. The quantitative estimate of drug-likeness (QED) is 0.504. The lowest BCUT2D eigenvalue weighted by Gasteiger charge is -2.12. The Morgan fingerprint density at radius 2 is 1.15 bits per heavy atom. The first kappa shape index (κ1) is 22.3. The van der Waals surface area contributed by atoms with Gasteiger partial charge in [0.25, 0.3) is 0 Å². The van der Waals surface area contributed by atoms with Crippen molar-refractivity contribution in [3.63, 3.8) is 0 Å². The van der Waals surface area contributed by atoms with Crippen molar-refractivity contribution in [3.8, 4) is 11.5 Å². The number of hydrogen-bond donors (Lipinski definition) is 2. The third-order valence-electron chi connectivity index (χ3n) is 3.35. The van der Waals surface area contributed by atoms with Crippen LogP contribution in [0.3, 0.4) is 0 Å². The predicted molar refractivity (Wildman–Crippen MR) is 119 cm³/mol. The summed E-state index contributed by atoms with van der Waals surface area (Å²) in [5.41, 5.74) is 1.82. The van der Waals surface area contributed by atoms with Crippen LogP contribution in [0.25, 0.3) is 0 Å². The van der Waals surface area contributed by atoms with Crippen LogP contribution in [-0.4, -0.2) is 33.5 Å². The molecule has 0 radical (unpaired) electrons. The number of thiocarbonyl (C=S) groups is 1. The number of hydrogen-bond acceptors (Lipinski definition) is 3. The lowest BCUT2D eigenvalue weighted by atomic mass is 10.3. The number of ether oxygens (including phenoxy) is 2. The maximum Gasteiger partial charge on any atom is 0.232 e. The lowest BCUT2D eigenvalue weighted by molar-refractivity contribution is 0.340. The molecule has 0 aliphatic rings. The Balaban J connectivity index is 0.000000765. The normalized spacial score (nSPS) is 9.38. The van der Waals surface area contributed by atoms with Gasteiger partial charge in [0.05, 0.1) is 13.2 Å². The summed E-state index contributed by atoms with van der Waals surface area (Å²) in [5, 5.41) is 8.26. The number of rotatable bonds is 7. The molecule has 4 nitrogen and oxygen atoms in total. The van der Waals surface area contributed by atoms with Gasteiger partial charge in [0.15, 0.2) is 5.11 Å². The Bertz CT molecular complexity index is 578. The van der Waals surface area contributed by atoms with Crippen molar-refractivity contribution in [3.05, 3.63) is 48.5 Å². The summed E-state index contributed by atoms with van der Waals surface area (Å²) in [6.07, 6.45) is 0. The average molecular weight is 389 g/mol. The van der Waals surface area contributed by atoms with E-state index in [2.05, 4.69) is 23.3 Å². The first-order chi connectivity index (χ1) is 12.6. The zero-order valence-electron chi connectivity index (χ0n) is 16.2. The predicted octanol–water partition coefficient (Wildman–Crippen LogP) is 5.20. The largest absolute Gasteiger partial charge is 0.494 e. The fraction of sp³-hybridized carbons (Fsp3) is 0.350. The van der Waals surface area contributed by atoms with E-state index in [1.54, 1.807) is 0 Å². The molecule has 0 spiro atoms. The van der Waals surface area contributed by atoms with E-state index in [4.69, 9.17) is 21.7 Å². The van der Waals surface area contributed by atoms with E-state index in [0.29, 0.717) is 33.5 Å². The Morgan fingerprint density at radius 1 is 0.808 bits per heavy atom. The minimum atomic E-state index is 0.424. The molecule has 6 heteroatoms. The van der Waals surface area contributed by atoms with Gasteiger partial charge in [-0.25, -0.2) is 0 Å². The van der Waals surface area contributed by atoms with Crippen LogP contribution in [0.1, 0.15) is 20.8 Å². The number of anilines is 2. The van der Waals surface area contributed by atoms with Gasteiger partial charge >= 0.3 is 0 Å². The van der Waals surface area contributed by atoms with Crippen molar-refractivity contribution >= 4 is 43.9 Å². The van der Waals surface area contributed by atoms with Crippen LogP contribution in [0.4, 0.5) is 11.4 Å². The first-order valence-electron chi connectivity index (χ1n) is 9.16. The summed E-state index contributed by atoms with van der Waals surface area (Å²) < 4.78 is 10.8. The molecule has 26 heavy (non-hydrogen) atoms. The van der Waals surface area contributed by atoms with E-state index >= 15 is 0 Å². The molecule has 0 aromatic heterocycles. The molecule has 0 atom stereocenters. The third-order valence-corrected chi connectivity index (χ3v) is 4.55. The van der Waals surface area contributed by atoms with E-state index in [1.165, 1.54) is 5.28 Å². The van der Waals surface area contributed by atoms with Gasteiger partial charge in [0.1, 0.15) is 11.5 Å². The number of benzene rings is 2. The summed E-state index contributed by atoms with van der Waals surface area (Å²) in [7, 11) is 0. The van der Waals surface area contributed by atoms with Gasteiger partial charge in [-0.3, -0.25) is 0 Å². The molecule has 0 aliphatic carbocycles. The topological polar surface area (TPSA) is 42.5 Å². The van der Waals surface area contributed by atoms with Gasteiger partial charge < -0.3 is 20.1 Å². The Labute approximate surface area is 169 Å². The molecule has 0 heterocycles. The summed E-state index contributed by atoms with van der Waals surface area (Å²) in [4.78, 5) is 0. The van der Waals surface area contributed by atoms with Crippen molar-refractivity contribution in [1.82, 2.24) is 0 Å². The summed E-state index contributed by atoms with van der Waals surface area (Å²) >= 11 is 5.73. The van der Waals surface area contributed by atoms with E-state index in [0.717, 1.165) is 22.9 Å². The molecule has 0 unspecified atom stereocenters. The monoisotopic (exact) mass is 388 g/mol. The molecular weight excluding hydrogens is 359 g/mol. The first-order valence-corrected chi connectivity index (χ1v) is 12.0. The van der Waals surface area contributed by atoms with Crippen LogP contribution >= 0.6 is 12.2 Å². The van der Waals surface area contributed by atoms with E-state index < -0.39 is 0 Å². The van der Waals surface area contributed by atoms with Gasteiger partial charge in [0, 0.05) is 11.4 Å². The Hall–Kier alpha value is -1.74. The van der Waals surface area contributed by atoms with Crippen molar-refractivity contribution < 1.29 is 9.47 Å². The maximum absolute atomic E-state index is 5.40. The second-order valence-corrected chi connectivity index (χ2v) is 7.90. The van der Waals surface area contributed by atoms with E-state index in [9.17, 15) is 0 Å². The Kier molecular flexibility index (Phi) is 11.6. The molecule has 0 fully saturated rings. The standard InChI is InChI=1S/C17H20N2O2S.C2H5.CH3.Al.H/c1-3-20-15-9-5-13(6-10-15)18-17(22)19-14-7-11-16(12-8-14)21-4-2;1-2;;;/h5-12H,3-4H2,1-2H3,(H2,18,19,22);1H2,2H3;1H3;;. The highest BCUT2D eigenvalue weighted by Crippen LogP contribution is 2.18. The number of nitrogens with one attached hydrogen (secondary N) is 2. The third kappa shape index (κ3) is 9.10. The summed E-state index contributed by atoms with van der Waals surface area (Å²) in [6.45, 7) is 7.48. The molecule has 2 rings (SSSR count). The molecule has 2 aromatic rings. The molecule has 0 amide bonds. The van der Waals surface area contributed by atoms with Crippen LogP contribution in [0.15, 0.2) is 48.5 Å². The van der Waals surface area contributed by atoms with Gasteiger partial charge in [-0.15, -0.1) is 11.1 Å². The van der Waals surface area contributed by atoms with Crippen molar-refractivity contribution in [2.24, 2.45) is 0 Å². The van der Waals surface area contributed by atoms with Gasteiger partial charge in [-0.05, 0) is 74.6 Å². The molecule has 0 saturated carbocycles. The molecule has 0 aliphatic heterocycles. The van der Waals surface area contributed by atoms with Crippen LogP contribution in [-0.2, 0) is 0 Å². The fourth-order valence-corrected chi connectivity index (χ4v) is 2.13. The second kappa shape index (κ2) is 13.5. The van der Waals surface area contributed by atoms with Crippen LogP contribution in [0, 0.1) is 0 Å². The van der Waals surface area contributed by atoms with Crippen LogP contribution < -0.4 is 20.1 Å². The van der Waals surface area contributed by atoms with E-state index in [-0.39, 0.29) is 0 Å².